The van der Waals surface area contributed by atoms with Gasteiger partial charge in [0.1, 0.15) is 35.1 Å². The molecule has 6 fully saturated rings. The average Bonchev–Trinajstić information content (AvgIpc) is 4.12. The molecule has 0 spiro atoms. The van der Waals surface area contributed by atoms with Crippen LogP contribution in [0.25, 0.3) is 12.2 Å². The first-order chi connectivity index (χ1) is 33.7. The fourth-order valence-electron chi connectivity index (χ4n) is 13.6. The van der Waals surface area contributed by atoms with E-state index in [1.165, 1.54) is 12.2 Å². The smallest absolute Gasteiger partial charge is 0.331 e. The van der Waals surface area contributed by atoms with Crippen molar-refractivity contribution in [1.82, 2.24) is 5.32 Å². The lowest BCUT2D eigenvalue weighted by atomic mass is 9.70. The van der Waals surface area contributed by atoms with Crippen molar-refractivity contribution in [3.05, 3.63) is 156 Å². The molecule has 10 rings (SSSR count). The fourth-order valence-corrected chi connectivity index (χ4v) is 13.6. The maximum Gasteiger partial charge on any atom is 0.331 e. The van der Waals surface area contributed by atoms with Crippen LogP contribution < -0.4 is 5.32 Å². The number of fused-ring (bicyclic) bond motifs is 8. The first-order valence-corrected chi connectivity index (χ1v) is 25.6. The molecule has 376 valence electrons. The molecule has 10 nitrogen and oxygen atoms in total. The lowest BCUT2D eigenvalue weighted by molar-refractivity contribution is -0.257. The van der Waals surface area contributed by atoms with Crippen LogP contribution in [-0.4, -0.2) is 59.4 Å². The standard InChI is InChI=1S/C30H35NO4.C30H34O5.CH4/c1-4-25(32)31-24-19-30(22-13-9-6-10-14-22)28(27-20(2)15-17-23(27)29(24,3)35-30)34-26(33)18-16-21-11-7-5-8-12-21;1-4-25(31)33-24-19-30(22-13-9-6-10-14-22)28(27-20(2)15-17-23(27)29(24,3)35-30)34-26(32)18-16-21-11-7-5-8-12-21;/h5-14,16,18,20,23-24,27-28H,4,15,17,19H2,1-3H3,(H,31,32);5-14,16,18,20,23-24,27-28H,4,15,17,19H2,1-3H3;1H4/b2*18-16+;. The van der Waals surface area contributed by atoms with E-state index in [0.29, 0.717) is 37.5 Å². The minimum atomic E-state index is -0.870. The number of amides is 1. The van der Waals surface area contributed by atoms with Crippen LogP contribution >= 0.6 is 0 Å². The lowest BCUT2D eigenvalue weighted by Gasteiger charge is -2.51. The molecule has 4 aromatic carbocycles. The van der Waals surface area contributed by atoms with Gasteiger partial charge in [0.2, 0.25) is 5.91 Å². The molecule has 2 saturated carbocycles. The number of benzene rings is 4. The molecule has 4 aliphatic heterocycles. The van der Waals surface area contributed by atoms with Gasteiger partial charge in [-0.15, -0.1) is 0 Å². The van der Waals surface area contributed by atoms with Crippen LogP contribution in [0, 0.1) is 35.5 Å². The molecule has 0 radical (unpaired) electrons. The van der Waals surface area contributed by atoms with Crippen LogP contribution in [0.1, 0.15) is 123 Å². The van der Waals surface area contributed by atoms with E-state index in [0.717, 1.165) is 47.9 Å². The van der Waals surface area contributed by atoms with Crippen LogP contribution in [0.4, 0.5) is 0 Å². The van der Waals surface area contributed by atoms with Crippen molar-refractivity contribution < 1.29 is 42.9 Å². The Morgan fingerprint density at radius 2 is 1.00 bits per heavy atom. The van der Waals surface area contributed by atoms with E-state index in [1.54, 1.807) is 12.2 Å². The largest absolute Gasteiger partial charge is 0.459 e. The van der Waals surface area contributed by atoms with Gasteiger partial charge >= 0.3 is 17.9 Å². The maximum absolute atomic E-state index is 13.2. The van der Waals surface area contributed by atoms with E-state index in [4.69, 9.17) is 23.7 Å². The molecule has 2 aliphatic carbocycles. The molecule has 4 heterocycles. The molecule has 1 N–H and O–H groups in total. The molecule has 10 heteroatoms. The van der Waals surface area contributed by atoms with Crippen molar-refractivity contribution in [2.24, 2.45) is 35.5 Å². The molecule has 4 saturated heterocycles. The minimum absolute atomic E-state index is 0. The third kappa shape index (κ3) is 9.66. The van der Waals surface area contributed by atoms with Crippen molar-refractivity contribution in [2.75, 3.05) is 0 Å². The summed E-state index contributed by atoms with van der Waals surface area (Å²) in [7, 11) is 0. The highest BCUT2D eigenvalue weighted by molar-refractivity contribution is 5.88. The van der Waals surface area contributed by atoms with E-state index >= 15 is 0 Å². The van der Waals surface area contributed by atoms with Crippen molar-refractivity contribution in [3.63, 3.8) is 0 Å². The molecule has 14 atom stereocenters. The third-order valence-electron chi connectivity index (χ3n) is 17.0. The fraction of sp³-hybridized carbons (Fsp3) is 0.475. The van der Waals surface area contributed by atoms with Gasteiger partial charge in [0.25, 0.3) is 0 Å². The van der Waals surface area contributed by atoms with E-state index in [-0.39, 0.29) is 61.0 Å². The number of esters is 3. The second-order valence-electron chi connectivity index (χ2n) is 21.0. The highest BCUT2D eigenvalue weighted by Crippen LogP contribution is 2.66. The molecule has 71 heavy (non-hydrogen) atoms. The van der Waals surface area contributed by atoms with Crippen molar-refractivity contribution in [1.29, 1.82) is 0 Å². The summed E-state index contributed by atoms with van der Waals surface area (Å²) in [5, 5.41) is 3.26. The van der Waals surface area contributed by atoms with Gasteiger partial charge in [0, 0.05) is 49.7 Å². The van der Waals surface area contributed by atoms with Gasteiger partial charge in [-0.05, 0) is 97.6 Å². The van der Waals surface area contributed by atoms with Crippen molar-refractivity contribution >= 4 is 36.0 Å². The quantitative estimate of drug-likeness (QED) is 0.0839. The Kier molecular flexibility index (Phi) is 15.3. The van der Waals surface area contributed by atoms with Gasteiger partial charge in [0.05, 0.1) is 11.6 Å². The Morgan fingerprint density at radius 1 is 0.577 bits per heavy atom. The first kappa shape index (κ1) is 51.5. The van der Waals surface area contributed by atoms with Crippen LogP contribution in [-0.2, 0) is 54.1 Å². The van der Waals surface area contributed by atoms with Crippen LogP contribution in [0.3, 0.4) is 0 Å². The molecule has 6 aliphatic rings. The van der Waals surface area contributed by atoms with Gasteiger partial charge in [-0.3, -0.25) is 9.59 Å². The summed E-state index contributed by atoms with van der Waals surface area (Å²) in [4.78, 5) is 51.3. The predicted molar refractivity (Wildman–Crippen MR) is 275 cm³/mol. The summed E-state index contributed by atoms with van der Waals surface area (Å²) in [5.74, 6) is 0.436. The summed E-state index contributed by atoms with van der Waals surface area (Å²) in [6, 6.07) is 39.4. The second kappa shape index (κ2) is 21.1. The van der Waals surface area contributed by atoms with Gasteiger partial charge in [-0.25, -0.2) is 9.59 Å². The molecule has 0 aromatic heterocycles. The van der Waals surface area contributed by atoms with E-state index in [9.17, 15) is 19.2 Å². The van der Waals surface area contributed by atoms with E-state index < -0.39 is 40.7 Å². The SMILES string of the molecule is C.CCC(=O)NC1CC2(c3ccccc3)OC1(C)C1CCC(C)C1C2OC(=O)/C=C/c1ccccc1.CCC(=O)OC1CC2(c3ccccc3)OC1(C)C1CCC(C)C1C2OC(=O)/C=C/c1ccccc1. The van der Waals surface area contributed by atoms with Gasteiger partial charge < -0.3 is 29.0 Å². The predicted octanol–water partition coefficient (Wildman–Crippen LogP) is 11.6. The lowest BCUT2D eigenvalue weighted by Crippen LogP contribution is -2.60. The Balaban J connectivity index is 0.000000188. The van der Waals surface area contributed by atoms with Gasteiger partial charge in [-0.2, -0.15) is 0 Å². The molecular weight excluding hydrogens is 891 g/mol. The van der Waals surface area contributed by atoms with Crippen LogP contribution in [0.5, 0.6) is 0 Å². The third-order valence-corrected chi connectivity index (χ3v) is 17.0. The van der Waals surface area contributed by atoms with E-state index in [2.05, 4.69) is 45.1 Å². The molecular formula is C61H73NO9. The van der Waals surface area contributed by atoms with Crippen molar-refractivity contribution in [3.8, 4) is 0 Å². The van der Waals surface area contributed by atoms with E-state index in [1.807, 2.05) is 123 Å². The monoisotopic (exact) mass is 964 g/mol. The summed E-state index contributed by atoms with van der Waals surface area (Å²) in [5.41, 5.74) is 1.03. The number of hydrogen-bond donors (Lipinski definition) is 1. The Morgan fingerprint density at radius 3 is 1.45 bits per heavy atom. The Bertz CT molecular complexity index is 2370. The topological polar surface area (TPSA) is 126 Å². The average molecular weight is 964 g/mol. The summed E-state index contributed by atoms with van der Waals surface area (Å²) in [6.45, 7) is 12.4. The maximum atomic E-state index is 13.2. The second-order valence-corrected chi connectivity index (χ2v) is 21.0. The van der Waals surface area contributed by atoms with Gasteiger partial charge in [0.15, 0.2) is 0 Å². The minimum Gasteiger partial charge on any atom is -0.459 e. The number of ether oxygens (including phenoxy) is 5. The number of nitrogens with one attached hydrogen (secondary N) is 1. The molecule has 4 aromatic rings. The summed E-state index contributed by atoms with van der Waals surface area (Å²) in [6.07, 6.45) is 11.1. The highest BCUT2D eigenvalue weighted by Gasteiger charge is 2.73. The van der Waals surface area contributed by atoms with Gasteiger partial charge in [-0.1, -0.05) is 156 Å². The zero-order valence-electron chi connectivity index (χ0n) is 41.5. The number of rotatable bonds is 12. The number of carbonyl (C=O) groups excluding carboxylic acids is 4. The number of hydrogen-bond acceptors (Lipinski definition) is 9. The Hall–Kier alpha value is -5.84. The molecule has 4 bridgehead atoms. The normalized spacial score (nSPS) is 35.1. The zero-order valence-corrected chi connectivity index (χ0v) is 41.5. The zero-order chi connectivity index (χ0) is 49.3. The van der Waals surface area contributed by atoms with Crippen LogP contribution in [0.2, 0.25) is 0 Å². The summed E-state index contributed by atoms with van der Waals surface area (Å²) < 4.78 is 32.7. The highest BCUT2D eigenvalue weighted by atomic mass is 16.6. The van der Waals surface area contributed by atoms with Crippen LogP contribution in [0.15, 0.2) is 133 Å². The molecule has 1 amide bonds. The molecule has 14 unspecified atom stereocenters. The summed E-state index contributed by atoms with van der Waals surface area (Å²) >= 11 is 0. The first-order valence-electron chi connectivity index (χ1n) is 25.6. The Labute approximate surface area is 420 Å². The van der Waals surface area contributed by atoms with Crippen molar-refractivity contribution in [2.45, 2.75) is 147 Å². The number of carbonyl (C=O) groups is 4.